The maximum atomic E-state index is 6.49. The molecule has 113 valence electrons. The van der Waals surface area contributed by atoms with Crippen molar-refractivity contribution in [3.63, 3.8) is 0 Å². The lowest BCUT2D eigenvalue weighted by Crippen LogP contribution is -2.24. The first kappa shape index (κ1) is 14.6. The Bertz CT molecular complexity index is 1020. The van der Waals surface area contributed by atoms with E-state index in [-0.39, 0.29) is 0 Å². The summed E-state index contributed by atoms with van der Waals surface area (Å²) in [5.41, 5.74) is 4.15. The number of para-hydroxylation sites is 1. The lowest BCUT2D eigenvalue weighted by Gasteiger charge is -2.12. The van der Waals surface area contributed by atoms with E-state index in [1.807, 2.05) is 24.3 Å². The Hall–Kier alpha value is -2.03. The van der Waals surface area contributed by atoms with Gasteiger partial charge in [0.2, 0.25) is 0 Å². The van der Waals surface area contributed by atoms with Gasteiger partial charge in [0.25, 0.3) is 0 Å². The van der Waals surface area contributed by atoms with Crippen LogP contribution in [-0.4, -0.2) is 8.80 Å². The zero-order valence-electron chi connectivity index (χ0n) is 13.1. The predicted molar refractivity (Wildman–Crippen MR) is 101 cm³/mol. The molecule has 0 spiro atoms. The van der Waals surface area contributed by atoms with Gasteiger partial charge in [-0.25, -0.2) is 0 Å². The number of halogens is 1. The molecule has 0 aliphatic heterocycles. The summed E-state index contributed by atoms with van der Waals surface area (Å²) in [7, 11) is -0.571. The number of rotatable bonds is 2. The van der Waals surface area contributed by atoms with E-state index in [9.17, 15) is 0 Å². The quantitative estimate of drug-likeness (QED) is 0.418. The average Bonchev–Trinajstić information content (AvgIpc) is 2.95. The molecule has 1 aromatic heterocycles. The van der Waals surface area contributed by atoms with Crippen LogP contribution in [0.15, 0.2) is 65.1 Å². The minimum Gasteiger partial charge on any atom is -0.455 e. The smallest absolute Gasteiger partial charge is 0.144 e. The van der Waals surface area contributed by atoms with E-state index in [1.54, 1.807) is 0 Å². The third-order valence-corrected chi connectivity index (χ3v) is 6.06. The van der Waals surface area contributed by atoms with Gasteiger partial charge in [-0.1, -0.05) is 72.3 Å². The molecule has 23 heavy (non-hydrogen) atoms. The number of furan rings is 1. The Balaban J connectivity index is 2.12. The van der Waals surface area contributed by atoms with Crippen LogP contribution in [0.4, 0.5) is 0 Å². The molecule has 0 atom stereocenters. The number of hydrogen-bond acceptors (Lipinski definition) is 1. The molecule has 4 rings (SSSR count). The van der Waals surface area contributed by atoms with Gasteiger partial charge in [0, 0.05) is 16.3 Å². The van der Waals surface area contributed by atoms with Crippen LogP contribution < -0.4 is 5.19 Å². The van der Waals surface area contributed by atoms with Gasteiger partial charge in [-0.15, -0.1) is 0 Å². The third kappa shape index (κ3) is 2.30. The molecule has 0 aliphatic carbocycles. The minimum absolute atomic E-state index is 0.571. The molecule has 1 heterocycles. The molecule has 3 aromatic carbocycles. The number of benzene rings is 3. The van der Waals surface area contributed by atoms with E-state index in [4.69, 9.17) is 16.0 Å². The highest BCUT2D eigenvalue weighted by Crippen LogP contribution is 2.39. The van der Waals surface area contributed by atoms with Gasteiger partial charge in [0.05, 0.1) is 13.8 Å². The zero-order chi connectivity index (χ0) is 16.0. The molecule has 4 aromatic rings. The largest absolute Gasteiger partial charge is 0.455 e. The molecule has 0 N–H and O–H groups in total. The fraction of sp³-hybridized carbons (Fsp3) is 0.100. The van der Waals surface area contributed by atoms with Crippen molar-refractivity contribution in [2.24, 2.45) is 0 Å². The van der Waals surface area contributed by atoms with Crippen molar-refractivity contribution in [3.05, 3.63) is 65.7 Å². The summed E-state index contributed by atoms with van der Waals surface area (Å²) in [4.78, 5) is 0. The van der Waals surface area contributed by atoms with E-state index < -0.39 is 8.80 Å². The number of fused-ring (bicyclic) bond motifs is 3. The topological polar surface area (TPSA) is 13.1 Å². The van der Waals surface area contributed by atoms with Crippen LogP contribution in [0.1, 0.15) is 0 Å². The van der Waals surface area contributed by atoms with E-state index in [0.29, 0.717) is 0 Å². The fourth-order valence-corrected chi connectivity index (χ4v) is 4.59. The van der Waals surface area contributed by atoms with Gasteiger partial charge >= 0.3 is 0 Å². The molecule has 0 saturated carbocycles. The van der Waals surface area contributed by atoms with Crippen LogP contribution in [0.2, 0.25) is 18.1 Å². The molecule has 0 aliphatic rings. The molecule has 0 fully saturated rings. The molecule has 0 saturated heterocycles. The minimum atomic E-state index is -0.571. The van der Waals surface area contributed by atoms with Gasteiger partial charge in [-0.05, 0) is 23.8 Å². The summed E-state index contributed by atoms with van der Waals surface area (Å²) in [6, 6.07) is 20.8. The highest BCUT2D eigenvalue weighted by Gasteiger charge is 2.17. The second-order valence-corrected chi connectivity index (χ2v) is 8.89. The summed E-state index contributed by atoms with van der Waals surface area (Å²) in [5, 5.41) is 4.24. The van der Waals surface area contributed by atoms with Crippen LogP contribution >= 0.6 is 11.6 Å². The summed E-state index contributed by atoms with van der Waals surface area (Å²) < 4.78 is 6.18. The van der Waals surface area contributed by atoms with Gasteiger partial charge in [0.15, 0.2) is 0 Å². The average molecular weight is 336 g/mol. The summed E-state index contributed by atoms with van der Waals surface area (Å²) in [6.07, 6.45) is 0. The van der Waals surface area contributed by atoms with Gasteiger partial charge in [-0.3, -0.25) is 0 Å². The predicted octanol–water partition coefficient (Wildman–Crippen LogP) is 5.87. The monoisotopic (exact) mass is 335 g/mol. The fourth-order valence-electron chi connectivity index (χ4n) is 3.15. The standard InChI is InChI=1S/C20H16ClOSi/c1-23(2)18-10-6-4-7-13(18)14-11-12-16(21)19-15-8-3-5-9-17(15)22-20(14)19/h3-12H,1-2H3. The number of hydrogen-bond donors (Lipinski definition) is 0. The highest BCUT2D eigenvalue weighted by atomic mass is 35.5. The molecule has 3 heteroatoms. The first-order valence-corrected chi connectivity index (χ1v) is 10.5. The lowest BCUT2D eigenvalue weighted by atomic mass is 10.0. The van der Waals surface area contributed by atoms with Crippen LogP contribution in [-0.2, 0) is 0 Å². The maximum Gasteiger partial charge on any atom is 0.144 e. The molecule has 1 nitrogen and oxygen atoms in total. The Morgan fingerprint density at radius 3 is 2.39 bits per heavy atom. The Kier molecular flexibility index (Phi) is 3.51. The van der Waals surface area contributed by atoms with Crippen molar-refractivity contribution in [1.29, 1.82) is 0 Å². The molecule has 1 radical (unpaired) electrons. The second kappa shape index (κ2) is 5.55. The SMILES string of the molecule is C[Si](C)c1ccccc1-c1ccc(Cl)c2c1oc1ccccc12. The van der Waals surface area contributed by atoms with Crippen molar-refractivity contribution in [2.45, 2.75) is 13.1 Å². The third-order valence-electron chi connectivity index (χ3n) is 4.23. The molecular weight excluding hydrogens is 320 g/mol. The van der Waals surface area contributed by atoms with E-state index in [2.05, 4.69) is 49.5 Å². The second-order valence-electron chi connectivity index (χ2n) is 5.94. The van der Waals surface area contributed by atoms with Crippen LogP contribution in [0.5, 0.6) is 0 Å². The zero-order valence-corrected chi connectivity index (χ0v) is 14.8. The Morgan fingerprint density at radius 1 is 0.826 bits per heavy atom. The first-order chi connectivity index (χ1) is 11.2. The van der Waals surface area contributed by atoms with Crippen molar-refractivity contribution >= 4 is 47.5 Å². The highest BCUT2D eigenvalue weighted by molar-refractivity contribution is 6.72. The van der Waals surface area contributed by atoms with Crippen LogP contribution in [0.25, 0.3) is 33.1 Å². The summed E-state index contributed by atoms with van der Waals surface area (Å²) in [5.74, 6) is 0. The van der Waals surface area contributed by atoms with Crippen molar-refractivity contribution in [3.8, 4) is 11.1 Å². The van der Waals surface area contributed by atoms with Gasteiger partial charge in [-0.2, -0.15) is 0 Å². The van der Waals surface area contributed by atoms with Crippen molar-refractivity contribution < 1.29 is 4.42 Å². The van der Waals surface area contributed by atoms with Gasteiger partial charge < -0.3 is 4.42 Å². The van der Waals surface area contributed by atoms with E-state index in [0.717, 1.165) is 32.5 Å². The van der Waals surface area contributed by atoms with Crippen molar-refractivity contribution in [2.75, 3.05) is 0 Å². The Morgan fingerprint density at radius 2 is 1.57 bits per heavy atom. The first-order valence-electron chi connectivity index (χ1n) is 7.66. The molecule has 0 unspecified atom stereocenters. The molecule has 0 bridgehead atoms. The Labute approximate surface area is 142 Å². The van der Waals surface area contributed by atoms with Crippen LogP contribution in [0, 0.1) is 0 Å². The van der Waals surface area contributed by atoms with Crippen LogP contribution in [0.3, 0.4) is 0 Å². The summed E-state index contributed by atoms with van der Waals surface area (Å²) in [6.45, 7) is 4.63. The maximum absolute atomic E-state index is 6.49. The van der Waals surface area contributed by atoms with Gasteiger partial charge in [0.1, 0.15) is 11.2 Å². The summed E-state index contributed by atoms with van der Waals surface area (Å²) >= 11 is 6.49. The van der Waals surface area contributed by atoms with Crippen molar-refractivity contribution in [1.82, 2.24) is 0 Å². The molecular formula is C20H16ClOSi. The molecule has 0 amide bonds. The lowest BCUT2D eigenvalue weighted by molar-refractivity contribution is 0.670. The normalized spacial score (nSPS) is 11.7. The van der Waals surface area contributed by atoms with E-state index in [1.165, 1.54) is 10.8 Å². The van der Waals surface area contributed by atoms with E-state index >= 15 is 0 Å².